The van der Waals surface area contributed by atoms with Crippen LogP contribution in [0.25, 0.3) is 22.8 Å². The van der Waals surface area contributed by atoms with E-state index in [-0.39, 0.29) is 6.10 Å². The number of thiazole rings is 1. The second kappa shape index (κ2) is 11.0. The van der Waals surface area contributed by atoms with E-state index in [0.29, 0.717) is 16.6 Å². The zero-order valence-electron chi connectivity index (χ0n) is 20.6. The molecule has 1 aliphatic rings. The molecule has 0 fully saturated rings. The lowest BCUT2D eigenvalue weighted by Crippen LogP contribution is -2.16. The first-order chi connectivity index (χ1) is 17.5. The van der Waals surface area contributed by atoms with E-state index in [1.807, 2.05) is 6.20 Å². The lowest BCUT2D eigenvalue weighted by molar-refractivity contribution is 0.228. The highest BCUT2D eigenvalue weighted by Crippen LogP contribution is 2.32. The topological polar surface area (TPSA) is 99.7 Å². The van der Waals surface area contributed by atoms with Crippen LogP contribution in [0.3, 0.4) is 0 Å². The second-order valence-electron chi connectivity index (χ2n) is 9.13. The summed E-state index contributed by atoms with van der Waals surface area (Å²) in [6.07, 6.45) is 17.4. The van der Waals surface area contributed by atoms with Crippen molar-refractivity contribution >= 4 is 16.5 Å². The molecule has 0 spiro atoms. The summed E-state index contributed by atoms with van der Waals surface area (Å²) in [7, 11) is 0. The lowest BCUT2D eigenvalue weighted by Gasteiger charge is -2.21. The third-order valence-electron chi connectivity index (χ3n) is 6.29. The third kappa shape index (κ3) is 5.76. The van der Waals surface area contributed by atoms with Crippen LogP contribution < -0.4 is 10.5 Å². The molecular weight excluding hydrogens is 468 g/mol. The molecule has 0 saturated heterocycles. The summed E-state index contributed by atoms with van der Waals surface area (Å²) >= 11 is 1.54. The first-order valence-corrected chi connectivity index (χ1v) is 13.2. The Kier molecular flexibility index (Phi) is 7.32. The van der Waals surface area contributed by atoms with Gasteiger partial charge in [-0.05, 0) is 87.8 Å². The number of nitrogens with two attached hydrogens (primary N) is 1. The Balaban J connectivity index is 1.44. The van der Waals surface area contributed by atoms with Crippen LogP contribution in [0.2, 0.25) is 0 Å². The number of aromatic nitrogens is 5. The summed E-state index contributed by atoms with van der Waals surface area (Å²) in [6, 6.07) is 6.39. The molecule has 0 saturated carbocycles. The highest BCUT2D eigenvalue weighted by Gasteiger charge is 2.16. The largest absolute Gasteiger partial charge is 0.486 e. The van der Waals surface area contributed by atoms with Gasteiger partial charge < -0.3 is 10.5 Å². The molecule has 184 valence electrons. The number of allylic oxidation sites excluding steroid dienone is 1. The highest BCUT2D eigenvalue weighted by molar-refractivity contribution is 7.15. The van der Waals surface area contributed by atoms with Gasteiger partial charge >= 0.3 is 0 Å². The minimum atomic E-state index is 0.144. The number of nitrogens with zero attached hydrogens (tertiary/aromatic N) is 5. The predicted octanol–water partition coefficient (Wildman–Crippen LogP) is 5.92. The quantitative estimate of drug-likeness (QED) is 0.301. The smallest absolute Gasteiger partial charge is 0.180 e. The van der Waals surface area contributed by atoms with Crippen LogP contribution in [0.15, 0.2) is 55.1 Å². The molecule has 5 rings (SSSR count). The van der Waals surface area contributed by atoms with Crippen LogP contribution >= 0.6 is 11.3 Å². The van der Waals surface area contributed by atoms with Gasteiger partial charge in [0.25, 0.3) is 0 Å². The molecule has 0 amide bonds. The number of aryl methyl sites for hydroxylation is 4. The van der Waals surface area contributed by atoms with Crippen molar-refractivity contribution in [3.8, 4) is 28.5 Å². The first-order valence-electron chi connectivity index (χ1n) is 12.3. The van der Waals surface area contributed by atoms with Gasteiger partial charge in [0.1, 0.15) is 17.5 Å². The minimum absolute atomic E-state index is 0.144. The predicted molar refractivity (Wildman–Crippen MR) is 144 cm³/mol. The molecule has 0 radical (unpaired) electrons. The van der Waals surface area contributed by atoms with E-state index in [4.69, 9.17) is 20.4 Å². The van der Waals surface area contributed by atoms with E-state index in [1.165, 1.54) is 22.6 Å². The fourth-order valence-corrected chi connectivity index (χ4v) is 5.14. The summed E-state index contributed by atoms with van der Waals surface area (Å²) in [5.74, 6) is 1.52. The highest BCUT2D eigenvalue weighted by atomic mass is 32.1. The van der Waals surface area contributed by atoms with Crippen molar-refractivity contribution < 1.29 is 4.74 Å². The second-order valence-corrected chi connectivity index (χ2v) is 10.3. The molecule has 1 aromatic carbocycles. The van der Waals surface area contributed by atoms with E-state index in [9.17, 15) is 0 Å². The first kappa shape index (κ1) is 24.1. The summed E-state index contributed by atoms with van der Waals surface area (Å²) in [5, 5.41) is 0.608. The van der Waals surface area contributed by atoms with E-state index in [0.717, 1.165) is 65.9 Å². The van der Waals surface area contributed by atoms with E-state index in [1.54, 1.807) is 18.6 Å². The average Bonchev–Trinajstić information content (AvgIpc) is 3.32. The van der Waals surface area contributed by atoms with Gasteiger partial charge in [-0.3, -0.25) is 4.98 Å². The number of nitrogen functional groups attached to an aromatic ring is 1. The van der Waals surface area contributed by atoms with E-state index >= 15 is 0 Å². The van der Waals surface area contributed by atoms with E-state index in [2.05, 4.69) is 59.2 Å². The zero-order chi connectivity index (χ0) is 24.9. The van der Waals surface area contributed by atoms with Gasteiger partial charge in [-0.15, -0.1) is 11.3 Å². The van der Waals surface area contributed by atoms with Gasteiger partial charge in [0.15, 0.2) is 11.0 Å². The molecular formula is C28H30N6OS. The molecule has 3 aromatic heterocycles. The van der Waals surface area contributed by atoms with Gasteiger partial charge in [0.05, 0.1) is 11.9 Å². The van der Waals surface area contributed by atoms with Gasteiger partial charge in [-0.1, -0.05) is 6.08 Å². The Morgan fingerprint density at radius 3 is 2.67 bits per heavy atom. The Morgan fingerprint density at radius 1 is 1.00 bits per heavy atom. The standard InChI is InChI=1S/C28H30N6OS/c1-18-14-26(35-21-8-4-3-5-9-21)19(2)13-23(18)24-15-20(7-6-10-22-16-32-28(29)36-22)33-27(34-24)25-17-30-11-12-31-25/h4,8,11-17,21H,3,5-7,9-10H2,1-2H3,(H2,29,32). The zero-order valence-corrected chi connectivity index (χ0v) is 21.5. The number of rotatable bonds is 8. The van der Waals surface area contributed by atoms with Gasteiger partial charge in [-0.2, -0.15) is 0 Å². The van der Waals surface area contributed by atoms with Crippen molar-refractivity contribution in [2.45, 2.75) is 58.5 Å². The van der Waals surface area contributed by atoms with Gasteiger partial charge in [-0.25, -0.2) is 19.9 Å². The maximum absolute atomic E-state index is 6.32. The van der Waals surface area contributed by atoms with Crippen LogP contribution in [0.4, 0.5) is 5.13 Å². The number of hydrogen-bond donors (Lipinski definition) is 1. The van der Waals surface area contributed by atoms with Crippen LogP contribution in [-0.2, 0) is 12.8 Å². The Morgan fingerprint density at radius 2 is 1.92 bits per heavy atom. The maximum atomic E-state index is 6.32. The average molecular weight is 499 g/mol. The van der Waals surface area contributed by atoms with Crippen LogP contribution in [0.1, 0.15) is 47.4 Å². The fraction of sp³-hybridized carbons (Fsp3) is 0.321. The van der Waals surface area contributed by atoms with E-state index < -0.39 is 0 Å². The molecule has 0 bridgehead atoms. The fourth-order valence-electron chi connectivity index (χ4n) is 4.41. The molecule has 0 aliphatic heterocycles. The summed E-state index contributed by atoms with van der Waals surface area (Å²) in [4.78, 5) is 23.7. The third-order valence-corrected chi connectivity index (χ3v) is 7.17. The normalized spacial score (nSPS) is 15.2. The van der Waals surface area contributed by atoms with Gasteiger partial charge in [0, 0.05) is 34.7 Å². The number of anilines is 1. The number of ether oxygens (including phenoxy) is 1. The number of benzene rings is 1. The van der Waals surface area contributed by atoms with Crippen molar-refractivity contribution in [2.24, 2.45) is 0 Å². The number of hydrogen-bond acceptors (Lipinski definition) is 8. The van der Waals surface area contributed by atoms with Crippen LogP contribution in [0, 0.1) is 13.8 Å². The molecule has 36 heavy (non-hydrogen) atoms. The Bertz CT molecular complexity index is 1370. The lowest BCUT2D eigenvalue weighted by atomic mass is 10.00. The van der Waals surface area contributed by atoms with Gasteiger partial charge in [0.2, 0.25) is 0 Å². The van der Waals surface area contributed by atoms with Crippen molar-refractivity contribution in [3.05, 3.63) is 76.8 Å². The molecule has 7 nitrogen and oxygen atoms in total. The summed E-state index contributed by atoms with van der Waals surface area (Å²) in [6.45, 7) is 4.20. The Hall–Kier alpha value is -3.65. The Labute approximate surface area is 215 Å². The monoisotopic (exact) mass is 498 g/mol. The molecule has 4 aromatic rings. The van der Waals surface area contributed by atoms with Crippen LogP contribution in [0.5, 0.6) is 5.75 Å². The molecule has 8 heteroatoms. The molecule has 1 unspecified atom stereocenters. The molecule has 1 atom stereocenters. The van der Waals surface area contributed by atoms with Crippen molar-refractivity contribution in [3.63, 3.8) is 0 Å². The molecule has 3 heterocycles. The van der Waals surface area contributed by atoms with Crippen molar-refractivity contribution in [1.29, 1.82) is 0 Å². The molecule has 1 aliphatic carbocycles. The van der Waals surface area contributed by atoms with Crippen molar-refractivity contribution in [1.82, 2.24) is 24.9 Å². The summed E-state index contributed by atoms with van der Waals surface area (Å²) < 4.78 is 6.32. The van der Waals surface area contributed by atoms with Crippen molar-refractivity contribution in [2.75, 3.05) is 5.73 Å². The molecule has 2 N–H and O–H groups in total. The van der Waals surface area contributed by atoms with Crippen LogP contribution in [-0.4, -0.2) is 31.0 Å². The minimum Gasteiger partial charge on any atom is -0.486 e. The SMILES string of the molecule is Cc1cc(-c2cc(CCCc3cnc(N)s3)nc(-c3cnccn3)n2)c(C)cc1OC1C=CCCC1. The summed E-state index contributed by atoms with van der Waals surface area (Å²) in [5.41, 5.74) is 11.6. The maximum Gasteiger partial charge on any atom is 0.180 e.